The molecule has 2 aromatic heterocycles. The van der Waals surface area contributed by atoms with Gasteiger partial charge in [0.05, 0.1) is 12.6 Å². The molecule has 0 aromatic carbocycles. The molecule has 0 radical (unpaired) electrons. The molecule has 8 heteroatoms. The summed E-state index contributed by atoms with van der Waals surface area (Å²) in [4.78, 5) is 11.5. The van der Waals surface area contributed by atoms with Gasteiger partial charge in [-0.2, -0.15) is 5.10 Å². The molecule has 2 aromatic rings. The summed E-state index contributed by atoms with van der Waals surface area (Å²) in [6.07, 6.45) is 7.94. The zero-order valence-electron chi connectivity index (χ0n) is 16.0. The van der Waals surface area contributed by atoms with Crippen LogP contribution in [0.4, 0.5) is 0 Å². The number of likely N-dealkylation sites (tertiary alicyclic amines) is 1. The molecule has 0 amide bonds. The first kappa shape index (κ1) is 21.6. The van der Waals surface area contributed by atoms with Crippen molar-refractivity contribution >= 4 is 29.9 Å². The highest BCUT2D eigenvalue weighted by Crippen LogP contribution is 2.14. The summed E-state index contributed by atoms with van der Waals surface area (Å²) in [7, 11) is 0. The van der Waals surface area contributed by atoms with E-state index >= 15 is 0 Å². The van der Waals surface area contributed by atoms with Crippen LogP contribution in [0.1, 0.15) is 32.3 Å². The van der Waals surface area contributed by atoms with Gasteiger partial charge < -0.3 is 15.0 Å². The van der Waals surface area contributed by atoms with Crippen molar-refractivity contribution in [2.24, 2.45) is 4.99 Å². The molecular weight excluding hydrogens is 455 g/mol. The standard InChI is InChI=1S/C19H28N6O.HI/c1-3-20-19(24-12-7-17(8-13-24)26-4-2)22-15-16-6-10-21-18(14-16)25-11-5-9-23-25;/h5-6,9-11,14,17H,3-4,7-8,12-13,15H2,1-2H3,(H,20,22);1H. The maximum absolute atomic E-state index is 5.75. The average Bonchev–Trinajstić information content (AvgIpc) is 3.21. The van der Waals surface area contributed by atoms with E-state index in [9.17, 15) is 0 Å². The van der Waals surface area contributed by atoms with Crippen LogP contribution in [0, 0.1) is 0 Å². The largest absolute Gasteiger partial charge is 0.378 e. The minimum atomic E-state index is 0. The minimum absolute atomic E-state index is 0. The number of aliphatic imine (C=N–C) groups is 1. The summed E-state index contributed by atoms with van der Waals surface area (Å²) >= 11 is 0. The number of nitrogens with one attached hydrogen (secondary N) is 1. The maximum Gasteiger partial charge on any atom is 0.194 e. The summed E-state index contributed by atoms with van der Waals surface area (Å²) in [5, 5.41) is 7.65. The second kappa shape index (κ2) is 11.2. The average molecular weight is 484 g/mol. The van der Waals surface area contributed by atoms with Crippen LogP contribution in [0.25, 0.3) is 5.82 Å². The Labute approximate surface area is 178 Å². The third-order valence-corrected chi connectivity index (χ3v) is 4.44. The number of piperidine rings is 1. The number of guanidine groups is 1. The predicted octanol–water partition coefficient (Wildman–Crippen LogP) is 2.85. The fourth-order valence-corrected chi connectivity index (χ4v) is 3.15. The van der Waals surface area contributed by atoms with E-state index in [1.54, 1.807) is 10.9 Å². The van der Waals surface area contributed by atoms with Gasteiger partial charge in [0.2, 0.25) is 0 Å². The lowest BCUT2D eigenvalue weighted by Gasteiger charge is -2.34. The van der Waals surface area contributed by atoms with E-state index in [1.807, 2.05) is 30.6 Å². The fraction of sp³-hybridized carbons (Fsp3) is 0.526. The molecule has 1 saturated heterocycles. The van der Waals surface area contributed by atoms with Gasteiger partial charge in [-0.15, -0.1) is 24.0 Å². The molecule has 0 aliphatic carbocycles. The molecule has 0 atom stereocenters. The molecule has 7 nitrogen and oxygen atoms in total. The normalized spacial score (nSPS) is 15.5. The number of rotatable bonds is 6. The second-order valence-electron chi connectivity index (χ2n) is 6.28. The smallest absolute Gasteiger partial charge is 0.194 e. The molecule has 0 bridgehead atoms. The molecule has 1 N–H and O–H groups in total. The summed E-state index contributed by atoms with van der Waals surface area (Å²) in [6, 6.07) is 5.92. The van der Waals surface area contributed by atoms with Crippen LogP contribution >= 0.6 is 24.0 Å². The van der Waals surface area contributed by atoms with E-state index in [4.69, 9.17) is 9.73 Å². The molecule has 1 fully saturated rings. The first-order chi connectivity index (χ1) is 12.8. The first-order valence-corrected chi connectivity index (χ1v) is 9.40. The molecule has 0 saturated carbocycles. The van der Waals surface area contributed by atoms with Crippen LogP contribution in [0.2, 0.25) is 0 Å². The summed E-state index contributed by atoms with van der Waals surface area (Å²) in [6.45, 7) is 8.38. The Morgan fingerprint density at radius 2 is 2.11 bits per heavy atom. The van der Waals surface area contributed by atoms with E-state index < -0.39 is 0 Å². The number of halogens is 1. The quantitative estimate of drug-likeness (QED) is 0.388. The van der Waals surface area contributed by atoms with E-state index in [-0.39, 0.29) is 24.0 Å². The molecule has 3 rings (SSSR count). The highest BCUT2D eigenvalue weighted by atomic mass is 127. The van der Waals surface area contributed by atoms with Gasteiger partial charge in [0, 0.05) is 44.8 Å². The number of aromatic nitrogens is 3. The van der Waals surface area contributed by atoms with E-state index in [0.717, 1.165) is 56.4 Å². The zero-order valence-corrected chi connectivity index (χ0v) is 18.4. The first-order valence-electron chi connectivity index (χ1n) is 9.40. The van der Waals surface area contributed by atoms with Gasteiger partial charge in [0.1, 0.15) is 0 Å². The zero-order chi connectivity index (χ0) is 18.2. The van der Waals surface area contributed by atoms with E-state index in [2.05, 4.69) is 34.1 Å². The topological polar surface area (TPSA) is 67.6 Å². The van der Waals surface area contributed by atoms with Gasteiger partial charge in [0.25, 0.3) is 0 Å². The predicted molar refractivity (Wildman–Crippen MR) is 118 cm³/mol. The Kier molecular flexibility index (Phi) is 8.99. The lowest BCUT2D eigenvalue weighted by Crippen LogP contribution is -2.47. The Balaban J connectivity index is 0.00000261. The van der Waals surface area contributed by atoms with Crippen LogP contribution in [0.3, 0.4) is 0 Å². The third kappa shape index (κ3) is 6.17. The number of pyridine rings is 1. The summed E-state index contributed by atoms with van der Waals surface area (Å²) in [5.41, 5.74) is 1.12. The van der Waals surface area contributed by atoms with Crippen LogP contribution in [-0.2, 0) is 11.3 Å². The lowest BCUT2D eigenvalue weighted by atomic mass is 10.1. The van der Waals surface area contributed by atoms with Crippen molar-refractivity contribution in [3.63, 3.8) is 0 Å². The van der Waals surface area contributed by atoms with Crippen molar-refractivity contribution in [1.29, 1.82) is 0 Å². The van der Waals surface area contributed by atoms with Gasteiger partial charge in [-0.25, -0.2) is 14.7 Å². The Morgan fingerprint density at radius 1 is 1.30 bits per heavy atom. The van der Waals surface area contributed by atoms with Crippen molar-refractivity contribution in [3.8, 4) is 5.82 Å². The molecule has 0 spiro atoms. The fourth-order valence-electron chi connectivity index (χ4n) is 3.15. The molecule has 3 heterocycles. The number of nitrogens with zero attached hydrogens (tertiary/aromatic N) is 5. The molecule has 1 aliphatic rings. The third-order valence-electron chi connectivity index (χ3n) is 4.44. The Bertz CT molecular complexity index is 698. The van der Waals surface area contributed by atoms with Crippen LogP contribution < -0.4 is 5.32 Å². The van der Waals surface area contributed by atoms with Crippen LogP contribution in [0.5, 0.6) is 0 Å². The number of hydrogen-bond acceptors (Lipinski definition) is 4. The van der Waals surface area contributed by atoms with Gasteiger partial charge in [-0.1, -0.05) is 0 Å². The van der Waals surface area contributed by atoms with Gasteiger partial charge in [-0.3, -0.25) is 0 Å². The maximum atomic E-state index is 5.75. The Morgan fingerprint density at radius 3 is 2.78 bits per heavy atom. The van der Waals surface area contributed by atoms with Crippen molar-refractivity contribution in [1.82, 2.24) is 25.0 Å². The molecule has 27 heavy (non-hydrogen) atoms. The number of ether oxygens (including phenoxy) is 1. The van der Waals surface area contributed by atoms with Gasteiger partial charge in [-0.05, 0) is 50.5 Å². The SMILES string of the molecule is CCNC(=NCc1ccnc(-n2cccn2)c1)N1CCC(OCC)CC1.I. The Hall–Kier alpha value is -1.68. The van der Waals surface area contributed by atoms with Gasteiger partial charge in [0.15, 0.2) is 11.8 Å². The van der Waals surface area contributed by atoms with Crippen LogP contribution in [0.15, 0.2) is 41.8 Å². The second-order valence-corrected chi connectivity index (χ2v) is 6.28. The molecule has 0 unspecified atom stereocenters. The number of hydrogen-bond donors (Lipinski definition) is 1. The van der Waals surface area contributed by atoms with Crippen molar-refractivity contribution < 1.29 is 4.74 Å². The molecule has 148 valence electrons. The lowest BCUT2D eigenvalue weighted by molar-refractivity contribution is 0.0263. The summed E-state index contributed by atoms with van der Waals surface area (Å²) < 4.78 is 7.51. The minimum Gasteiger partial charge on any atom is -0.378 e. The van der Waals surface area contributed by atoms with E-state index in [1.165, 1.54) is 0 Å². The highest BCUT2D eigenvalue weighted by Gasteiger charge is 2.21. The van der Waals surface area contributed by atoms with Crippen molar-refractivity contribution in [3.05, 3.63) is 42.4 Å². The molecule has 1 aliphatic heterocycles. The van der Waals surface area contributed by atoms with Crippen molar-refractivity contribution in [2.75, 3.05) is 26.2 Å². The molecular formula is C19H29IN6O. The van der Waals surface area contributed by atoms with Crippen molar-refractivity contribution in [2.45, 2.75) is 39.3 Å². The summed E-state index contributed by atoms with van der Waals surface area (Å²) in [5.74, 6) is 1.78. The monoisotopic (exact) mass is 484 g/mol. The van der Waals surface area contributed by atoms with E-state index in [0.29, 0.717) is 12.6 Å². The highest BCUT2D eigenvalue weighted by molar-refractivity contribution is 14.0. The van der Waals surface area contributed by atoms with Gasteiger partial charge >= 0.3 is 0 Å². The van der Waals surface area contributed by atoms with Crippen LogP contribution in [-0.4, -0.2) is 58.0 Å².